The number of imidazole rings is 1. The van der Waals surface area contributed by atoms with E-state index in [2.05, 4.69) is 35.7 Å². The highest BCUT2D eigenvalue weighted by atomic mass is 19.1. The Bertz CT molecular complexity index is 1550. The zero-order chi connectivity index (χ0) is 25.8. The zero-order valence-electron chi connectivity index (χ0n) is 20.2. The molecule has 0 radical (unpaired) electrons. The van der Waals surface area contributed by atoms with Crippen molar-refractivity contribution in [1.29, 1.82) is 0 Å². The summed E-state index contributed by atoms with van der Waals surface area (Å²) >= 11 is 0. The van der Waals surface area contributed by atoms with Crippen molar-refractivity contribution in [3.8, 4) is 34.0 Å². The molecule has 0 bridgehead atoms. The molecule has 11 nitrogen and oxygen atoms in total. The summed E-state index contributed by atoms with van der Waals surface area (Å²) in [5.74, 6) is 0.433. The SMILES string of the molecule is COCC(=O)NCCNc1nccc(-c2[nH]c(-c3ccc(F)cc3)nc2-c2cc(C)c3ncnn3c2)n1. The van der Waals surface area contributed by atoms with Crippen LogP contribution >= 0.6 is 0 Å². The number of nitrogens with zero attached hydrogens (tertiary/aromatic N) is 6. The Morgan fingerprint density at radius 1 is 1.11 bits per heavy atom. The summed E-state index contributed by atoms with van der Waals surface area (Å²) in [6.45, 7) is 2.78. The van der Waals surface area contributed by atoms with E-state index in [9.17, 15) is 9.18 Å². The number of pyridine rings is 1. The Kier molecular flexibility index (Phi) is 6.81. The van der Waals surface area contributed by atoms with Gasteiger partial charge in [-0.1, -0.05) is 0 Å². The van der Waals surface area contributed by atoms with Gasteiger partial charge in [-0.15, -0.1) is 0 Å². The Balaban J connectivity index is 1.49. The molecular weight excluding hydrogens is 477 g/mol. The topological polar surface area (TPSA) is 135 Å². The van der Waals surface area contributed by atoms with Crippen molar-refractivity contribution < 1.29 is 13.9 Å². The highest BCUT2D eigenvalue weighted by molar-refractivity contribution is 5.80. The molecule has 0 saturated heterocycles. The lowest BCUT2D eigenvalue weighted by Crippen LogP contribution is -2.31. The Morgan fingerprint density at radius 3 is 2.76 bits per heavy atom. The van der Waals surface area contributed by atoms with Gasteiger partial charge in [0.1, 0.15) is 24.6 Å². The molecule has 188 valence electrons. The third kappa shape index (κ3) is 5.28. The van der Waals surface area contributed by atoms with Gasteiger partial charge in [0.15, 0.2) is 5.65 Å². The minimum atomic E-state index is -0.326. The lowest BCUT2D eigenvalue weighted by atomic mass is 10.1. The lowest BCUT2D eigenvalue weighted by Gasteiger charge is -2.08. The summed E-state index contributed by atoms with van der Waals surface area (Å²) in [5.41, 5.74) is 5.15. The second kappa shape index (κ2) is 10.5. The number of hydrogen-bond donors (Lipinski definition) is 3. The second-order valence-corrected chi connectivity index (χ2v) is 8.23. The molecule has 0 saturated carbocycles. The molecule has 0 aliphatic carbocycles. The average Bonchev–Trinajstić information content (AvgIpc) is 3.56. The third-order valence-corrected chi connectivity index (χ3v) is 5.57. The molecular formula is C25H24FN9O2. The van der Waals surface area contributed by atoms with Crippen LogP contribution in [0.1, 0.15) is 5.56 Å². The minimum Gasteiger partial charge on any atom is -0.375 e. The number of amides is 1. The number of rotatable bonds is 9. The van der Waals surface area contributed by atoms with Crippen LogP contribution in [0.15, 0.2) is 55.1 Å². The number of carbonyl (C=O) groups excluding carboxylic acids is 1. The van der Waals surface area contributed by atoms with E-state index in [4.69, 9.17) is 9.72 Å². The smallest absolute Gasteiger partial charge is 0.246 e. The van der Waals surface area contributed by atoms with Crippen molar-refractivity contribution in [3.63, 3.8) is 0 Å². The number of aromatic nitrogens is 7. The van der Waals surface area contributed by atoms with Gasteiger partial charge >= 0.3 is 0 Å². The maximum Gasteiger partial charge on any atom is 0.246 e. The van der Waals surface area contributed by atoms with E-state index < -0.39 is 0 Å². The number of fused-ring (bicyclic) bond motifs is 1. The number of ether oxygens (including phenoxy) is 1. The fourth-order valence-corrected chi connectivity index (χ4v) is 3.88. The van der Waals surface area contributed by atoms with Crippen LogP contribution in [0.2, 0.25) is 0 Å². The molecule has 3 N–H and O–H groups in total. The molecule has 0 aliphatic rings. The van der Waals surface area contributed by atoms with Crippen LogP contribution in [0.3, 0.4) is 0 Å². The van der Waals surface area contributed by atoms with E-state index in [1.165, 1.54) is 25.6 Å². The molecule has 1 amide bonds. The van der Waals surface area contributed by atoms with Gasteiger partial charge in [0.05, 0.1) is 17.1 Å². The van der Waals surface area contributed by atoms with E-state index in [0.717, 1.165) is 22.3 Å². The summed E-state index contributed by atoms with van der Waals surface area (Å²) in [6.07, 6.45) is 5.00. The number of nitrogens with one attached hydrogen (secondary N) is 3. The molecule has 5 rings (SSSR count). The van der Waals surface area contributed by atoms with Gasteiger partial charge in [0, 0.05) is 43.7 Å². The summed E-state index contributed by atoms with van der Waals surface area (Å²) in [6, 6.07) is 9.87. The summed E-state index contributed by atoms with van der Waals surface area (Å²) in [7, 11) is 1.47. The van der Waals surface area contributed by atoms with E-state index in [1.807, 2.05) is 19.2 Å². The van der Waals surface area contributed by atoms with Crippen molar-refractivity contribution in [2.45, 2.75) is 6.92 Å². The molecule has 4 heterocycles. The highest BCUT2D eigenvalue weighted by Crippen LogP contribution is 2.33. The van der Waals surface area contributed by atoms with E-state index in [-0.39, 0.29) is 18.3 Å². The predicted octanol–water partition coefficient (Wildman–Crippen LogP) is 2.87. The van der Waals surface area contributed by atoms with Gasteiger partial charge in [-0.2, -0.15) is 5.10 Å². The van der Waals surface area contributed by atoms with Crippen LogP contribution in [-0.4, -0.2) is 67.2 Å². The van der Waals surface area contributed by atoms with Gasteiger partial charge in [-0.25, -0.2) is 28.8 Å². The number of methoxy groups -OCH3 is 1. The molecule has 0 aliphatic heterocycles. The predicted molar refractivity (Wildman–Crippen MR) is 135 cm³/mol. The number of carbonyl (C=O) groups is 1. The molecule has 37 heavy (non-hydrogen) atoms. The zero-order valence-corrected chi connectivity index (χ0v) is 20.2. The van der Waals surface area contributed by atoms with Crippen LogP contribution in [0.25, 0.3) is 39.7 Å². The van der Waals surface area contributed by atoms with Crippen molar-refractivity contribution in [2.75, 3.05) is 32.1 Å². The first-order valence-electron chi connectivity index (χ1n) is 11.5. The number of anilines is 1. The van der Waals surface area contributed by atoms with Crippen LogP contribution in [0, 0.1) is 12.7 Å². The van der Waals surface area contributed by atoms with Crippen LogP contribution in [0.5, 0.6) is 0 Å². The first kappa shape index (κ1) is 24.0. The second-order valence-electron chi connectivity index (χ2n) is 8.23. The molecule has 4 aromatic heterocycles. The van der Waals surface area contributed by atoms with E-state index >= 15 is 0 Å². The van der Waals surface area contributed by atoms with Crippen LogP contribution in [-0.2, 0) is 9.53 Å². The van der Waals surface area contributed by atoms with Crippen molar-refractivity contribution in [1.82, 2.24) is 39.9 Å². The van der Waals surface area contributed by atoms with E-state index in [0.29, 0.717) is 41.9 Å². The summed E-state index contributed by atoms with van der Waals surface area (Å²) in [4.78, 5) is 33.0. The van der Waals surface area contributed by atoms with Gasteiger partial charge in [-0.05, 0) is 48.9 Å². The van der Waals surface area contributed by atoms with Gasteiger partial charge in [-0.3, -0.25) is 4.79 Å². The lowest BCUT2D eigenvalue weighted by molar-refractivity contribution is -0.124. The standard InChI is InChI=1S/C25H24FN9O2/c1-15-11-17(12-35-24(15)30-14-31-35)21-22(34-23(33-21)16-3-5-18(26)6-4-16)19-7-8-28-25(32-19)29-10-9-27-20(36)13-37-2/h3-8,11-12,14H,9-10,13H2,1-2H3,(H,27,36)(H,33,34)(H,28,29,32). The van der Waals surface area contributed by atoms with Gasteiger partial charge in [0.25, 0.3) is 0 Å². The first-order chi connectivity index (χ1) is 18.0. The largest absolute Gasteiger partial charge is 0.375 e. The molecule has 0 fully saturated rings. The van der Waals surface area contributed by atoms with Crippen molar-refractivity contribution in [3.05, 3.63) is 66.5 Å². The number of hydrogen-bond acceptors (Lipinski definition) is 8. The fourth-order valence-electron chi connectivity index (χ4n) is 3.88. The molecule has 1 aromatic carbocycles. The van der Waals surface area contributed by atoms with Gasteiger partial charge in [0.2, 0.25) is 11.9 Å². The van der Waals surface area contributed by atoms with Gasteiger partial charge < -0.3 is 20.4 Å². The molecule has 0 spiro atoms. The number of H-pyrrole nitrogens is 1. The maximum atomic E-state index is 13.5. The number of benzene rings is 1. The monoisotopic (exact) mass is 501 g/mol. The fraction of sp³-hybridized carbons (Fsp3) is 0.200. The molecule has 12 heteroatoms. The average molecular weight is 502 g/mol. The number of halogens is 1. The highest BCUT2D eigenvalue weighted by Gasteiger charge is 2.19. The Hall–Kier alpha value is -4.71. The van der Waals surface area contributed by atoms with Crippen LogP contribution < -0.4 is 10.6 Å². The molecule has 5 aromatic rings. The van der Waals surface area contributed by atoms with Crippen molar-refractivity contribution in [2.24, 2.45) is 0 Å². The first-order valence-corrected chi connectivity index (χ1v) is 11.5. The van der Waals surface area contributed by atoms with Crippen molar-refractivity contribution >= 4 is 17.5 Å². The Morgan fingerprint density at radius 2 is 1.95 bits per heavy atom. The van der Waals surface area contributed by atoms with Crippen LogP contribution in [0.4, 0.5) is 10.3 Å². The summed E-state index contributed by atoms with van der Waals surface area (Å²) in [5, 5.41) is 10.1. The third-order valence-electron chi connectivity index (χ3n) is 5.57. The normalized spacial score (nSPS) is 11.1. The number of aromatic amines is 1. The molecule has 0 unspecified atom stereocenters. The molecule has 0 atom stereocenters. The summed E-state index contributed by atoms with van der Waals surface area (Å²) < 4.78 is 20.0. The van der Waals surface area contributed by atoms with E-state index in [1.54, 1.807) is 28.9 Å². The minimum absolute atomic E-state index is 0.00480. The Labute approximate surface area is 211 Å². The maximum absolute atomic E-state index is 13.5. The quantitative estimate of drug-likeness (QED) is 0.263. The number of aryl methyl sites for hydroxylation is 1.